The van der Waals surface area contributed by atoms with E-state index in [1.807, 2.05) is 69.3 Å². The van der Waals surface area contributed by atoms with Crippen molar-refractivity contribution in [1.82, 2.24) is 78.3 Å². The number of methoxy groups -OCH3 is 1. The Bertz CT molecular complexity index is 6410. The van der Waals surface area contributed by atoms with Gasteiger partial charge in [0, 0.05) is 213 Å². The molecule has 0 atom stereocenters. The Morgan fingerprint density at radius 3 is 0.924 bits per heavy atom. The fraction of sp³-hybridized carbons (Fsp3) is 0.385. The number of hydrogen-bond acceptors (Lipinski definition) is 32. The minimum absolute atomic E-state index is 0.0430. The molecule has 0 unspecified atom stereocenters. The number of nitriles is 4. The van der Waals surface area contributed by atoms with E-state index in [2.05, 4.69) is 122 Å². The maximum atomic E-state index is 12.4. The Morgan fingerprint density at radius 2 is 0.678 bits per heavy atom. The number of aromatic nitrogens is 16. The average molecular weight is 1670 g/mol. The third kappa shape index (κ3) is 18.1. The third-order valence-corrected chi connectivity index (χ3v) is 29.8. The zero-order valence-electron chi connectivity index (χ0n) is 66.3. The summed E-state index contributed by atoms with van der Waals surface area (Å²) in [4.78, 5) is 45.2. The lowest BCUT2D eigenvalue weighted by molar-refractivity contribution is 0.231. The van der Waals surface area contributed by atoms with E-state index < -0.39 is 38.9 Å². The smallest absolute Gasteiger partial charge is 0.233 e. The second-order valence-corrected chi connectivity index (χ2v) is 39.1. The summed E-state index contributed by atoms with van der Waals surface area (Å²) in [5.41, 5.74) is 9.70. The first-order valence-corrected chi connectivity index (χ1v) is 45.4. The molecule has 1 saturated carbocycles. The highest BCUT2D eigenvalue weighted by Crippen LogP contribution is 2.36. The van der Waals surface area contributed by atoms with Crippen LogP contribution in [-0.2, 0) is 38.9 Å². The molecule has 40 heteroatoms. The van der Waals surface area contributed by atoms with Crippen molar-refractivity contribution in [2.75, 3.05) is 166 Å². The molecule has 0 amide bonds. The molecule has 36 nitrogen and oxygen atoms in total. The summed E-state index contributed by atoms with van der Waals surface area (Å²) >= 11 is 0. The number of fused-ring (bicyclic) bond motifs is 4. The fourth-order valence-electron chi connectivity index (χ4n) is 13.7. The Hall–Kier alpha value is -12.8. The van der Waals surface area contributed by atoms with Gasteiger partial charge in [-0.25, -0.2) is 92.2 Å². The second-order valence-electron chi connectivity index (χ2n) is 28.1. The predicted molar refractivity (Wildman–Crippen MR) is 449 cm³/mol. The van der Waals surface area contributed by atoms with E-state index in [9.17, 15) is 37.9 Å². The molecule has 1 aliphatic carbocycles. The minimum Gasteiger partial charge on any atom is -0.480 e. The van der Waals surface area contributed by atoms with Crippen LogP contribution in [0.2, 0.25) is 0 Å². The number of pyridine rings is 4. The van der Waals surface area contributed by atoms with Crippen LogP contribution in [-0.4, -0.2) is 248 Å². The summed E-state index contributed by atoms with van der Waals surface area (Å²) in [6, 6.07) is 24.0. The first-order chi connectivity index (χ1) is 57.1. The Morgan fingerprint density at radius 1 is 0.407 bits per heavy atom. The molecule has 5 aliphatic rings. The van der Waals surface area contributed by atoms with Crippen LogP contribution < -0.4 is 38.5 Å². The number of ether oxygens (including phenoxy) is 4. The second kappa shape index (κ2) is 35.4. The molecule has 5 fully saturated rings. The van der Waals surface area contributed by atoms with E-state index in [0.717, 1.165) is 45.5 Å². The molecular formula is C78H86N28O8S4. The molecule has 12 aromatic heterocycles. The van der Waals surface area contributed by atoms with Gasteiger partial charge in [0.1, 0.15) is 115 Å². The van der Waals surface area contributed by atoms with Gasteiger partial charge in [0.15, 0.2) is 0 Å². The number of hydrogen-bond donors (Lipinski definition) is 0. The van der Waals surface area contributed by atoms with Crippen LogP contribution in [0.25, 0.3) is 67.1 Å². The number of anilines is 4. The maximum Gasteiger partial charge on any atom is 0.233 e. The van der Waals surface area contributed by atoms with Crippen LogP contribution in [0.1, 0.15) is 55.9 Å². The van der Waals surface area contributed by atoms with Crippen molar-refractivity contribution in [2.24, 2.45) is 23.4 Å². The Balaban J connectivity index is 0.000000129. The lowest BCUT2D eigenvalue weighted by Crippen LogP contribution is -2.40. The third-order valence-electron chi connectivity index (χ3n) is 20.6. The fourth-order valence-corrected chi connectivity index (χ4v) is 20.0. The van der Waals surface area contributed by atoms with Gasteiger partial charge in [0.2, 0.25) is 23.5 Å². The first-order valence-electron chi connectivity index (χ1n) is 38.0. The Labute approximate surface area is 682 Å². The van der Waals surface area contributed by atoms with Gasteiger partial charge in [0.25, 0.3) is 0 Å². The van der Waals surface area contributed by atoms with Crippen LogP contribution in [0, 0.1) is 51.2 Å². The van der Waals surface area contributed by atoms with Crippen molar-refractivity contribution in [1.29, 1.82) is 21.0 Å². The summed E-state index contributed by atoms with van der Waals surface area (Å²) in [6.07, 6.45) is 22.1. The monoisotopic (exact) mass is 1670 g/mol. The first kappa shape index (κ1) is 81.8. The normalized spacial score (nSPS) is 16.4. The van der Waals surface area contributed by atoms with Gasteiger partial charge >= 0.3 is 0 Å². The Kier molecular flexibility index (Phi) is 24.5. The SMILES string of the molecule is CCOc1cn2ncc(C#N)c2c(-c2ccc(N3CCS(=O)(=NC)CC3)nc2)n1.CN=S1(=O)CCN(c2ccc(-c3nc(OC(C)C)cn4ncc(C#N)c34)cn2)CC1.CN=S1(=O)CCN(c2ccc(-c3nc(OC)cn4ncc(C#N)c34)cn2)CC1.CN=S1(=O)CCN(c2ccc(-c3nc(OCC4CC4)cn4ncc(C#N)c34)cn2)CC1. The highest BCUT2D eigenvalue weighted by atomic mass is 32.2. The standard InChI is InChI=1S/C21H23N7O2S.C20H23N7O2S.C19H21N7O2S.C18H19N7O2S/c1-23-31(29)8-6-27(7-9-31)18-5-4-16(11-24-18)20-21-17(10-22)12-25-28(21)13-19(26-20)30-14-15-2-3-15;1-14(2)29-18-13-27-20(16(10-21)12-24-27)19(25-18)15-4-5-17(23-11-15)26-6-8-30(28,22-3)9-7-26;1-3-28-17-13-26-19(15(10-20)12-23-26)18(24-17)14-4-5-16(22-11-14)25-6-8-29(27,21-2)9-7-25;1-20-28(26)7-5-24(6-8-28)15-4-3-13(10-21-15)17-18-14(9-19)11-22-25(18)12-16(23-17)27-2/h4-5,11-13,15H,2-3,6-9,14H2,1H3;4-5,11-14H,6-9H2,1-3H3;4-5,11-13H,3,6-9H2,1-2H3;3-4,10-12H,5-8H2,1-2H3. The van der Waals surface area contributed by atoms with Gasteiger partial charge < -0.3 is 38.5 Å². The van der Waals surface area contributed by atoms with Crippen LogP contribution in [0.4, 0.5) is 23.3 Å². The van der Waals surface area contributed by atoms with Crippen molar-refractivity contribution in [2.45, 2.75) is 39.7 Å². The van der Waals surface area contributed by atoms with Gasteiger partial charge in [-0.2, -0.15) is 41.4 Å². The summed E-state index contributed by atoms with van der Waals surface area (Å²) in [6.45, 7) is 12.1. The molecule has 16 heterocycles. The maximum absolute atomic E-state index is 12.4. The summed E-state index contributed by atoms with van der Waals surface area (Å²) in [7, 11) is -0.221. The van der Waals surface area contributed by atoms with Crippen LogP contribution in [0.5, 0.6) is 23.5 Å². The molecule has 0 aromatic carbocycles. The van der Waals surface area contributed by atoms with Crippen LogP contribution >= 0.6 is 0 Å². The van der Waals surface area contributed by atoms with Crippen molar-refractivity contribution < 1.29 is 35.8 Å². The van der Waals surface area contributed by atoms with E-state index in [-0.39, 0.29) is 6.10 Å². The van der Waals surface area contributed by atoms with Gasteiger partial charge in [-0.3, -0.25) is 0 Å². The highest BCUT2D eigenvalue weighted by molar-refractivity contribution is 7.94. The van der Waals surface area contributed by atoms with Gasteiger partial charge in [-0.15, -0.1) is 0 Å². The van der Waals surface area contributed by atoms with Gasteiger partial charge in [-0.05, 0) is 88.1 Å². The molecule has 12 aromatic rings. The molecule has 118 heavy (non-hydrogen) atoms. The molecule has 0 bridgehead atoms. The van der Waals surface area contributed by atoms with E-state index in [1.165, 1.54) is 44.7 Å². The number of rotatable bonds is 16. The van der Waals surface area contributed by atoms with Gasteiger partial charge in [0.05, 0.1) is 76.0 Å². The molecule has 17 rings (SSSR count). The average Bonchev–Trinajstić information content (AvgIpc) is 1.51. The van der Waals surface area contributed by atoms with Crippen molar-refractivity contribution in [3.63, 3.8) is 0 Å². The van der Waals surface area contributed by atoms with Crippen LogP contribution in [0.3, 0.4) is 0 Å². The zero-order valence-corrected chi connectivity index (χ0v) is 69.5. The molecule has 610 valence electrons. The largest absolute Gasteiger partial charge is 0.480 e. The van der Waals surface area contributed by atoms with Crippen molar-refractivity contribution in [3.8, 4) is 92.8 Å². The summed E-state index contributed by atoms with van der Waals surface area (Å²) in [5, 5.41) is 54.8. The zero-order chi connectivity index (χ0) is 82.9. The molecule has 4 aliphatic heterocycles. The minimum atomic E-state index is -2.07. The molecule has 4 saturated heterocycles. The van der Waals surface area contributed by atoms with Crippen molar-refractivity contribution >= 4 is 84.3 Å². The van der Waals surface area contributed by atoms with Gasteiger partial charge in [-0.1, -0.05) is 0 Å². The van der Waals surface area contributed by atoms with Crippen LogP contribution in [0.15, 0.2) is 140 Å². The highest BCUT2D eigenvalue weighted by Gasteiger charge is 2.29. The topological polar surface area (TPSA) is 435 Å². The van der Waals surface area contributed by atoms with E-state index in [0.29, 0.717) is 208 Å². The molecule has 0 radical (unpaired) electrons. The van der Waals surface area contributed by atoms with E-state index in [4.69, 9.17) is 18.9 Å². The van der Waals surface area contributed by atoms with E-state index >= 15 is 0 Å². The van der Waals surface area contributed by atoms with Crippen molar-refractivity contribution in [3.05, 3.63) is 145 Å². The lowest BCUT2D eigenvalue weighted by atomic mass is 10.1. The molecule has 0 N–H and O–H groups in total. The number of nitrogens with zero attached hydrogens (tertiary/aromatic N) is 28. The van der Waals surface area contributed by atoms with E-state index in [1.54, 1.807) is 95.8 Å². The quantitative estimate of drug-likeness (QED) is 0.0877. The lowest BCUT2D eigenvalue weighted by Gasteiger charge is -2.29. The molecular weight excluding hydrogens is 1590 g/mol. The molecule has 0 spiro atoms. The predicted octanol–water partition coefficient (Wildman–Crippen LogP) is 8.31. The summed E-state index contributed by atoms with van der Waals surface area (Å²) in [5.74, 6) is 10.0. The summed E-state index contributed by atoms with van der Waals surface area (Å²) < 4.78 is 94.6.